The molecule has 1 spiro atoms. The lowest BCUT2D eigenvalue weighted by Crippen LogP contribution is -2.64. The van der Waals surface area contributed by atoms with Gasteiger partial charge in [0, 0.05) is 5.92 Å². The highest BCUT2D eigenvalue weighted by atomic mass is 16.5. The molecular formula is C21H29NO4. The Hall–Kier alpha value is -1.78. The van der Waals surface area contributed by atoms with Gasteiger partial charge in [0.05, 0.1) is 23.6 Å². The van der Waals surface area contributed by atoms with Gasteiger partial charge in [0.2, 0.25) is 0 Å². The van der Waals surface area contributed by atoms with Crippen LogP contribution >= 0.6 is 0 Å². The fraction of sp³-hybridized carbons (Fsp3) is 0.714. The van der Waals surface area contributed by atoms with E-state index in [4.69, 9.17) is 4.74 Å². The number of ether oxygens (including phenoxy) is 1. The van der Waals surface area contributed by atoms with Crippen molar-refractivity contribution in [3.63, 3.8) is 0 Å². The number of ketones is 1. The van der Waals surface area contributed by atoms with E-state index in [1.807, 2.05) is 13.8 Å². The van der Waals surface area contributed by atoms with Crippen molar-refractivity contribution in [1.82, 2.24) is 0 Å². The quantitative estimate of drug-likeness (QED) is 0.409. The molecule has 4 aliphatic rings. The highest BCUT2D eigenvalue weighted by Gasteiger charge is 2.70. The van der Waals surface area contributed by atoms with Gasteiger partial charge in [-0.2, -0.15) is 0 Å². The molecule has 0 saturated heterocycles. The molecule has 4 aliphatic carbocycles. The molecule has 2 bridgehead atoms. The summed E-state index contributed by atoms with van der Waals surface area (Å²) in [7, 11) is 1.41. The molecule has 0 aromatic heterocycles. The van der Waals surface area contributed by atoms with E-state index in [-0.39, 0.29) is 29.5 Å². The second-order valence-electron chi connectivity index (χ2n) is 8.33. The van der Waals surface area contributed by atoms with Gasteiger partial charge >= 0.3 is 5.97 Å². The monoisotopic (exact) mass is 359 g/mol. The van der Waals surface area contributed by atoms with Crippen LogP contribution in [0.2, 0.25) is 0 Å². The smallest absolute Gasteiger partial charge is 0.312 e. The SMILES string of the molecule is C=C1C(=O)C23CCC(CC2C(CCCC)(C(=O)OC)C1C)C(C)=C3N=O. The third-order valence-corrected chi connectivity index (χ3v) is 7.63. The summed E-state index contributed by atoms with van der Waals surface area (Å²) in [6, 6.07) is 0. The largest absolute Gasteiger partial charge is 0.469 e. The number of allylic oxidation sites excluding steroid dienone is 3. The van der Waals surface area contributed by atoms with Crippen molar-refractivity contribution in [2.24, 2.45) is 33.8 Å². The maximum Gasteiger partial charge on any atom is 0.312 e. The Balaban J connectivity index is 2.28. The molecule has 0 radical (unpaired) electrons. The minimum Gasteiger partial charge on any atom is -0.469 e. The number of nitroso groups, excluding NO2 is 1. The number of methoxy groups -OCH3 is 1. The van der Waals surface area contributed by atoms with Gasteiger partial charge in [0.15, 0.2) is 5.78 Å². The maximum absolute atomic E-state index is 13.5. The minimum atomic E-state index is -0.994. The van der Waals surface area contributed by atoms with Gasteiger partial charge in [-0.05, 0) is 60.8 Å². The Labute approximate surface area is 155 Å². The first-order valence-electron chi connectivity index (χ1n) is 9.69. The van der Waals surface area contributed by atoms with Gasteiger partial charge in [-0.1, -0.05) is 33.3 Å². The van der Waals surface area contributed by atoms with Crippen LogP contribution in [0.15, 0.2) is 28.6 Å². The lowest BCUT2D eigenvalue weighted by Gasteiger charge is -2.61. The Morgan fingerprint density at radius 3 is 2.69 bits per heavy atom. The summed E-state index contributed by atoms with van der Waals surface area (Å²) in [5.41, 5.74) is -0.0747. The van der Waals surface area contributed by atoms with Crippen LogP contribution in [0, 0.1) is 33.5 Å². The first-order valence-corrected chi connectivity index (χ1v) is 9.69. The highest BCUT2D eigenvalue weighted by molar-refractivity contribution is 6.05. The Morgan fingerprint density at radius 2 is 2.12 bits per heavy atom. The van der Waals surface area contributed by atoms with Gasteiger partial charge in [-0.15, -0.1) is 4.91 Å². The van der Waals surface area contributed by atoms with Crippen molar-refractivity contribution in [3.8, 4) is 0 Å². The summed E-state index contributed by atoms with van der Waals surface area (Å²) in [6.45, 7) is 9.99. The van der Waals surface area contributed by atoms with Gasteiger partial charge in [0.25, 0.3) is 0 Å². The van der Waals surface area contributed by atoms with Crippen molar-refractivity contribution in [2.45, 2.75) is 59.3 Å². The molecule has 2 saturated carbocycles. The first kappa shape index (κ1) is 19.0. The van der Waals surface area contributed by atoms with Gasteiger partial charge in [-0.25, -0.2) is 0 Å². The third-order valence-electron chi connectivity index (χ3n) is 7.63. The summed E-state index contributed by atoms with van der Waals surface area (Å²) >= 11 is 0. The van der Waals surface area contributed by atoms with Crippen molar-refractivity contribution in [1.29, 1.82) is 0 Å². The average molecular weight is 359 g/mol. The summed E-state index contributed by atoms with van der Waals surface area (Å²) in [6.07, 6.45) is 4.64. The Kier molecular flexibility index (Phi) is 4.70. The van der Waals surface area contributed by atoms with Crippen LogP contribution < -0.4 is 0 Å². The third kappa shape index (κ3) is 2.09. The standard InChI is InChI=1S/C21H29NO4/c1-6-7-9-20(19(24)26-5)14(4)12(2)18(23)21-10-8-15(11-16(20)21)13(3)17(21)22-25/h14-16H,2,6-11H2,1,3-5H3. The summed E-state index contributed by atoms with van der Waals surface area (Å²) in [5.74, 6) is -0.675. The normalized spacial score (nSPS) is 39.0. The van der Waals surface area contributed by atoms with E-state index in [9.17, 15) is 14.5 Å². The molecule has 5 nitrogen and oxygen atoms in total. The molecule has 0 amide bonds. The molecule has 5 unspecified atom stereocenters. The molecule has 26 heavy (non-hydrogen) atoms. The lowest BCUT2D eigenvalue weighted by atomic mass is 9.40. The number of hydrogen-bond donors (Lipinski definition) is 0. The summed E-state index contributed by atoms with van der Waals surface area (Å²) < 4.78 is 5.28. The highest BCUT2D eigenvalue weighted by Crippen LogP contribution is 2.69. The average Bonchev–Trinajstić information content (AvgIpc) is 2.66. The van der Waals surface area contributed by atoms with E-state index < -0.39 is 10.8 Å². The fourth-order valence-electron chi connectivity index (χ4n) is 6.15. The second-order valence-corrected chi connectivity index (χ2v) is 8.33. The predicted octanol–water partition coefficient (Wildman–Crippen LogP) is 4.57. The van der Waals surface area contributed by atoms with E-state index in [1.54, 1.807) is 0 Å². The fourth-order valence-corrected chi connectivity index (χ4v) is 6.15. The van der Waals surface area contributed by atoms with Crippen LogP contribution in [0.5, 0.6) is 0 Å². The number of carbonyl (C=O) groups excluding carboxylic acids is 2. The molecule has 0 aromatic rings. The number of carbonyl (C=O) groups is 2. The van der Waals surface area contributed by atoms with E-state index >= 15 is 0 Å². The van der Waals surface area contributed by atoms with Crippen LogP contribution in [0.3, 0.4) is 0 Å². The van der Waals surface area contributed by atoms with E-state index in [0.29, 0.717) is 24.1 Å². The van der Waals surface area contributed by atoms with E-state index in [0.717, 1.165) is 31.3 Å². The van der Waals surface area contributed by atoms with Crippen LogP contribution in [-0.4, -0.2) is 18.9 Å². The van der Waals surface area contributed by atoms with Crippen molar-refractivity contribution >= 4 is 11.8 Å². The zero-order valence-corrected chi connectivity index (χ0v) is 16.3. The molecule has 5 atom stereocenters. The number of hydrogen-bond acceptors (Lipinski definition) is 5. The van der Waals surface area contributed by atoms with Crippen molar-refractivity contribution < 1.29 is 14.3 Å². The zero-order chi connectivity index (χ0) is 19.3. The van der Waals surface area contributed by atoms with Crippen LogP contribution in [0.1, 0.15) is 59.3 Å². The minimum absolute atomic E-state index is 0.0851. The summed E-state index contributed by atoms with van der Waals surface area (Å²) in [5, 5.41) is 3.34. The Morgan fingerprint density at radius 1 is 1.42 bits per heavy atom. The molecular weight excluding hydrogens is 330 g/mol. The number of rotatable bonds is 5. The molecule has 2 fully saturated rings. The lowest BCUT2D eigenvalue weighted by molar-refractivity contribution is -0.176. The van der Waals surface area contributed by atoms with E-state index in [2.05, 4.69) is 18.7 Å². The number of Topliss-reactive ketones (excluding diaryl/α,β-unsaturated/α-hetero) is 1. The Bertz CT molecular complexity index is 709. The number of esters is 1. The topological polar surface area (TPSA) is 72.8 Å². The van der Waals surface area contributed by atoms with Crippen LogP contribution in [0.25, 0.3) is 0 Å². The predicted molar refractivity (Wildman–Crippen MR) is 99.0 cm³/mol. The molecule has 4 rings (SSSR count). The molecule has 0 N–H and O–H groups in total. The number of nitrogens with zero attached hydrogens (tertiary/aromatic N) is 1. The van der Waals surface area contributed by atoms with Crippen LogP contribution in [-0.2, 0) is 14.3 Å². The maximum atomic E-state index is 13.5. The molecule has 0 aromatic carbocycles. The number of unbranched alkanes of at least 4 members (excludes halogenated alkanes) is 1. The second kappa shape index (κ2) is 6.43. The van der Waals surface area contributed by atoms with Gasteiger partial charge in [-0.3, -0.25) is 9.59 Å². The van der Waals surface area contributed by atoms with Gasteiger partial charge in [0.1, 0.15) is 0 Å². The molecule has 5 heteroatoms. The van der Waals surface area contributed by atoms with E-state index in [1.165, 1.54) is 7.11 Å². The number of fused-ring (bicyclic) bond motifs is 1. The molecule has 0 aliphatic heterocycles. The first-order chi connectivity index (χ1) is 12.3. The van der Waals surface area contributed by atoms with Crippen molar-refractivity contribution in [3.05, 3.63) is 28.3 Å². The molecule has 0 heterocycles. The molecule has 142 valence electrons. The van der Waals surface area contributed by atoms with Crippen molar-refractivity contribution in [2.75, 3.05) is 7.11 Å². The van der Waals surface area contributed by atoms with Gasteiger partial charge < -0.3 is 4.74 Å². The summed E-state index contributed by atoms with van der Waals surface area (Å²) in [4.78, 5) is 38.4. The van der Waals surface area contributed by atoms with Crippen LogP contribution in [0.4, 0.5) is 0 Å². The zero-order valence-electron chi connectivity index (χ0n) is 16.3.